The van der Waals surface area contributed by atoms with Gasteiger partial charge in [-0.2, -0.15) is 0 Å². The fraction of sp³-hybridized carbons (Fsp3) is 0.800. The molecule has 16 heavy (non-hydrogen) atoms. The Morgan fingerprint density at radius 3 is 2.69 bits per heavy atom. The lowest BCUT2D eigenvalue weighted by molar-refractivity contribution is 0.210. The fourth-order valence-electron chi connectivity index (χ4n) is 0.997. The van der Waals surface area contributed by atoms with Crippen molar-refractivity contribution in [1.29, 1.82) is 0 Å². The molecule has 0 aromatic carbocycles. The first-order valence-electron chi connectivity index (χ1n) is 5.31. The average Bonchev–Trinajstić information content (AvgIpc) is 2.62. The van der Waals surface area contributed by atoms with Crippen LogP contribution in [0, 0.1) is 0 Å². The van der Waals surface area contributed by atoms with Crippen molar-refractivity contribution < 1.29 is 9.15 Å². The highest BCUT2D eigenvalue weighted by atomic mass is 16.5. The van der Waals surface area contributed by atoms with Crippen LogP contribution in [0.2, 0.25) is 0 Å². The van der Waals surface area contributed by atoms with Crippen LogP contribution in [0.3, 0.4) is 0 Å². The van der Waals surface area contributed by atoms with E-state index in [1.165, 1.54) is 0 Å². The first kappa shape index (κ1) is 12.9. The molecule has 0 aliphatic carbocycles. The number of anilines is 1. The lowest BCUT2D eigenvalue weighted by atomic mass is 10.1. The van der Waals surface area contributed by atoms with Gasteiger partial charge in [0.1, 0.15) is 0 Å². The van der Waals surface area contributed by atoms with Gasteiger partial charge in [0.25, 0.3) is 0 Å². The molecule has 0 saturated heterocycles. The third-order valence-corrected chi connectivity index (χ3v) is 1.82. The molecule has 1 aromatic heterocycles. The summed E-state index contributed by atoms with van der Waals surface area (Å²) in [5, 5.41) is 14.0. The predicted molar refractivity (Wildman–Crippen MR) is 61.3 cm³/mol. The molecule has 2 N–H and O–H groups in total. The van der Waals surface area contributed by atoms with Gasteiger partial charge in [-0.3, -0.25) is 0 Å². The van der Waals surface area contributed by atoms with Gasteiger partial charge in [0.15, 0.2) is 0 Å². The van der Waals surface area contributed by atoms with Gasteiger partial charge in [-0.05, 0) is 20.8 Å². The van der Waals surface area contributed by atoms with Crippen molar-refractivity contribution >= 4 is 6.01 Å². The zero-order chi connectivity index (χ0) is 12.0. The second kappa shape index (κ2) is 5.81. The summed E-state index contributed by atoms with van der Waals surface area (Å²) >= 11 is 0. The van der Waals surface area contributed by atoms with Crippen molar-refractivity contribution in [2.24, 2.45) is 0 Å². The highest BCUT2D eigenvalue weighted by Crippen LogP contribution is 2.06. The zero-order valence-corrected chi connectivity index (χ0v) is 10.3. The van der Waals surface area contributed by atoms with Gasteiger partial charge in [0.05, 0.1) is 13.2 Å². The van der Waals surface area contributed by atoms with Crippen LogP contribution in [0.5, 0.6) is 0 Å². The summed E-state index contributed by atoms with van der Waals surface area (Å²) in [5.74, 6) is 0.579. The van der Waals surface area contributed by atoms with Crippen LogP contribution >= 0.6 is 0 Å². The Bertz CT molecular complexity index is 306. The van der Waals surface area contributed by atoms with Gasteiger partial charge >= 0.3 is 6.01 Å². The molecule has 0 bridgehead atoms. The van der Waals surface area contributed by atoms with E-state index in [1.807, 2.05) is 0 Å². The van der Waals surface area contributed by atoms with E-state index < -0.39 is 0 Å². The Morgan fingerprint density at radius 1 is 1.31 bits per heavy atom. The van der Waals surface area contributed by atoms with Crippen molar-refractivity contribution in [2.45, 2.75) is 32.9 Å². The molecule has 6 heteroatoms. The largest absolute Gasteiger partial charge is 0.407 e. The summed E-state index contributed by atoms with van der Waals surface area (Å²) < 4.78 is 10.3. The minimum absolute atomic E-state index is 0.0398. The molecule has 0 amide bonds. The highest BCUT2D eigenvalue weighted by molar-refractivity contribution is 5.16. The third kappa shape index (κ3) is 5.09. The molecule has 0 unspecified atom stereocenters. The lowest BCUT2D eigenvalue weighted by Gasteiger charge is -2.18. The van der Waals surface area contributed by atoms with E-state index >= 15 is 0 Å². The molecule has 1 aromatic rings. The van der Waals surface area contributed by atoms with E-state index in [2.05, 4.69) is 41.6 Å². The van der Waals surface area contributed by atoms with Gasteiger partial charge in [-0.25, -0.2) is 0 Å². The number of ether oxygens (including phenoxy) is 1. The van der Waals surface area contributed by atoms with E-state index in [4.69, 9.17) is 9.15 Å². The number of nitrogens with zero attached hydrogens (tertiary/aromatic N) is 2. The van der Waals surface area contributed by atoms with Gasteiger partial charge in [0, 0.05) is 19.2 Å². The summed E-state index contributed by atoms with van der Waals surface area (Å²) in [4.78, 5) is 0. The standard InChI is InChI=1S/C10H20N4O2/c1-10(2,3)12-7-8-13-14-9(16-8)11-5-6-15-4/h12H,5-7H2,1-4H3,(H,11,14). The lowest BCUT2D eigenvalue weighted by Crippen LogP contribution is -2.35. The summed E-state index contributed by atoms with van der Waals surface area (Å²) in [5.41, 5.74) is 0.0398. The van der Waals surface area contributed by atoms with Crippen LogP contribution in [0.15, 0.2) is 4.42 Å². The quantitative estimate of drug-likeness (QED) is 0.708. The van der Waals surface area contributed by atoms with Crippen molar-refractivity contribution in [3.63, 3.8) is 0 Å². The van der Waals surface area contributed by atoms with Crippen molar-refractivity contribution in [2.75, 3.05) is 25.6 Å². The molecule has 6 nitrogen and oxygen atoms in total. The van der Waals surface area contributed by atoms with E-state index in [-0.39, 0.29) is 5.54 Å². The SMILES string of the molecule is COCCNc1nnc(CNC(C)(C)C)o1. The summed E-state index contributed by atoms with van der Waals surface area (Å²) in [6.45, 7) is 8.09. The van der Waals surface area contributed by atoms with Crippen LogP contribution in [-0.2, 0) is 11.3 Å². The Kier molecular flexibility index (Phi) is 4.70. The van der Waals surface area contributed by atoms with Gasteiger partial charge in [0.2, 0.25) is 5.89 Å². The maximum atomic E-state index is 5.37. The van der Waals surface area contributed by atoms with Gasteiger partial charge in [-0.15, -0.1) is 5.10 Å². The molecule has 0 aliphatic rings. The summed E-state index contributed by atoms with van der Waals surface area (Å²) in [7, 11) is 1.65. The van der Waals surface area contributed by atoms with E-state index in [0.717, 1.165) is 0 Å². The Morgan fingerprint density at radius 2 is 2.06 bits per heavy atom. The monoisotopic (exact) mass is 228 g/mol. The average molecular weight is 228 g/mol. The molecule has 1 rings (SSSR count). The first-order valence-corrected chi connectivity index (χ1v) is 5.31. The number of hydrogen-bond donors (Lipinski definition) is 2. The minimum atomic E-state index is 0.0398. The van der Waals surface area contributed by atoms with Crippen molar-refractivity contribution in [3.05, 3.63) is 5.89 Å². The highest BCUT2D eigenvalue weighted by Gasteiger charge is 2.11. The van der Waals surface area contributed by atoms with Crippen LogP contribution in [0.1, 0.15) is 26.7 Å². The van der Waals surface area contributed by atoms with Crippen molar-refractivity contribution in [1.82, 2.24) is 15.5 Å². The predicted octanol–water partition coefficient (Wildman–Crippen LogP) is 1.02. The van der Waals surface area contributed by atoms with Gasteiger partial charge < -0.3 is 19.8 Å². The van der Waals surface area contributed by atoms with E-state index in [9.17, 15) is 0 Å². The first-order chi connectivity index (χ1) is 7.51. The topological polar surface area (TPSA) is 72.2 Å². The molecule has 0 spiro atoms. The van der Waals surface area contributed by atoms with Crippen LogP contribution in [0.25, 0.3) is 0 Å². The molecular formula is C10H20N4O2. The van der Waals surface area contributed by atoms with Crippen molar-refractivity contribution in [3.8, 4) is 0 Å². The van der Waals surface area contributed by atoms with Crippen LogP contribution < -0.4 is 10.6 Å². The molecule has 0 atom stereocenters. The van der Waals surface area contributed by atoms with Crippen LogP contribution in [-0.4, -0.2) is 36.0 Å². The fourth-order valence-corrected chi connectivity index (χ4v) is 0.997. The maximum absolute atomic E-state index is 5.37. The van der Waals surface area contributed by atoms with Gasteiger partial charge in [-0.1, -0.05) is 5.10 Å². The minimum Gasteiger partial charge on any atom is -0.407 e. The number of rotatable bonds is 6. The summed E-state index contributed by atoms with van der Waals surface area (Å²) in [6, 6.07) is 0.433. The molecular weight excluding hydrogens is 208 g/mol. The van der Waals surface area contributed by atoms with Crippen LogP contribution in [0.4, 0.5) is 6.01 Å². The second-order valence-electron chi connectivity index (χ2n) is 4.52. The molecule has 1 heterocycles. The molecule has 0 saturated carbocycles. The summed E-state index contributed by atoms with van der Waals surface area (Å²) in [6.07, 6.45) is 0. The Hall–Kier alpha value is -1.14. The Balaban J connectivity index is 2.33. The molecule has 92 valence electrons. The smallest absolute Gasteiger partial charge is 0.315 e. The molecule has 0 radical (unpaired) electrons. The maximum Gasteiger partial charge on any atom is 0.315 e. The number of aromatic nitrogens is 2. The Labute approximate surface area is 95.8 Å². The normalized spacial score (nSPS) is 11.8. The molecule has 0 aliphatic heterocycles. The third-order valence-electron chi connectivity index (χ3n) is 1.82. The second-order valence-corrected chi connectivity index (χ2v) is 4.52. The number of nitrogens with one attached hydrogen (secondary N) is 2. The number of hydrogen-bond acceptors (Lipinski definition) is 6. The number of methoxy groups -OCH3 is 1. The van der Waals surface area contributed by atoms with E-state index in [1.54, 1.807) is 7.11 Å². The molecule has 0 fully saturated rings. The van der Waals surface area contributed by atoms with E-state index in [0.29, 0.717) is 31.6 Å². The zero-order valence-electron chi connectivity index (χ0n) is 10.3.